The highest BCUT2D eigenvalue weighted by atomic mass is 16.5. The van der Waals surface area contributed by atoms with Crippen molar-refractivity contribution in [1.29, 1.82) is 0 Å². The average Bonchev–Trinajstić information content (AvgIpc) is 2.74. The van der Waals surface area contributed by atoms with Crippen LogP contribution in [0.2, 0.25) is 0 Å². The van der Waals surface area contributed by atoms with Crippen molar-refractivity contribution in [3.05, 3.63) is 59.7 Å². The maximum Gasteiger partial charge on any atom is 0.256 e. The molecule has 1 aliphatic rings. The molecule has 7 heteroatoms. The van der Waals surface area contributed by atoms with Gasteiger partial charge in [-0.25, -0.2) is 0 Å². The Labute approximate surface area is 164 Å². The zero-order valence-electron chi connectivity index (χ0n) is 16.0. The van der Waals surface area contributed by atoms with Crippen LogP contribution in [0.25, 0.3) is 0 Å². The molecule has 0 atom stereocenters. The van der Waals surface area contributed by atoms with Crippen LogP contribution in [0.3, 0.4) is 0 Å². The summed E-state index contributed by atoms with van der Waals surface area (Å²) in [6.45, 7) is 3.75. The van der Waals surface area contributed by atoms with E-state index in [1.54, 1.807) is 60.5 Å². The van der Waals surface area contributed by atoms with Crippen LogP contribution in [-0.4, -0.2) is 68.3 Å². The smallest absolute Gasteiger partial charge is 0.256 e. The lowest BCUT2D eigenvalue weighted by atomic mass is 10.1. The monoisotopic (exact) mass is 384 g/mol. The van der Waals surface area contributed by atoms with Gasteiger partial charge in [-0.05, 0) is 36.4 Å². The van der Waals surface area contributed by atoms with Gasteiger partial charge in [-0.2, -0.15) is 0 Å². The molecule has 28 heavy (non-hydrogen) atoms. The Kier molecular flexibility index (Phi) is 6.62. The average molecular weight is 384 g/mol. The fourth-order valence-electron chi connectivity index (χ4n) is 3.32. The number of carbonyl (C=O) groups is 2. The SMILES string of the molecule is COc1ccc(C(=O)Nc2ccccc2C(=O)N2CC[NH+](CCO)CC2)cc1. The first-order valence-corrected chi connectivity index (χ1v) is 9.40. The Bertz CT molecular complexity index is 815. The zero-order valence-corrected chi connectivity index (χ0v) is 16.0. The van der Waals surface area contributed by atoms with Crippen LogP contribution in [0.1, 0.15) is 20.7 Å². The van der Waals surface area contributed by atoms with Gasteiger partial charge >= 0.3 is 0 Å². The van der Waals surface area contributed by atoms with E-state index in [9.17, 15) is 9.59 Å². The van der Waals surface area contributed by atoms with Gasteiger partial charge in [0.05, 0.1) is 51.1 Å². The summed E-state index contributed by atoms with van der Waals surface area (Å²) in [6, 6.07) is 13.9. The fraction of sp³-hybridized carbons (Fsp3) is 0.333. The van der Waals surface area contributed by atoms with Crippen molar-refractivity contribution in [3.63, 3.8) is 0 Å². The summed E-state index contributed by atoms with van der Waals surface area (Å²) in [5.41, 5.74) is 1.47. The standard InChI is InChI=1S/C21H25N3O4/c1-28-17-8-6-16(7-9-17)20(26)22-19-5-3-2-4-18(19)21(27)24-12-10-23(11-13-24)14-15-25/h2-9,25H,10-15H2,1H3,(H,22,26)/p+1. The van der Waals surface area contributed by atoms with Crippen molar-refractivity contribution in [2.75, 3.05) is 51.8 Å². The van der Waals surface area contributed by atoms with Crippen molar-refractivity contribution in [2.45, 2.75) is 0 Å². The maximum atomic E-state index is 13.0. The highest BCUT2D eigenvalue weighted by Gasteiger charge is 2.26. The minimum Gasteiger partial charge on any atom is -0.497 e. The summed E-state index contributed by atoms with van der Waals surface area (Å²) < 4.78 is 5.11. The van der Waals surface area contributed by atoms with E-state index in [1.807, 2.05) is 0 Å². The minimum atomic E-state index is -0.278. The van der Waals surface area contributed by atoms with Crippen LogP contribution in [-0.2, 0) is 0 Å². The summed E-state index contributed by atoms with van der Waals surface area (Å²) in [7, 11) is 1.57. The van der Waals surface area contributed by atoms with Gasteiger partial charge in [-0.3, -0.25) is 9.59 Å². The second-order valence-corrected chi connectivity index (χ2v) is 6.74. The van der Waals surface area contributed by atoms with Crippen molar-refractivity contribution in [2.24, 2.45) is 0 Å². The number of methoxy groups -OCH3 is 1. The van der Waals surface area contributed by atoms with Gasteiger partial charge in [0, 0.05) is 5.56 Å². The fourth-order valence-corrected chi connectivity index (χ4v) is 3.32. The van der Waals surface area contributed by atoms with Gasteiger partial charge in [-0.15, -0.1) is 0 Å². The predicted octanol–water partition coefficient (Wildman–Crippen LogP) is 0.281. The second kappa shape index (κ2) is 9.34. The highest BCUT2D eigenvalue weighted by molar-refractivity contribution is 6.09. The van der Waals surface area contributed by atoms with E-state index in [2.05, 4.69) is 5.32 Å². The number of anilines is 1. The van der Waals surface area contributed by atoms with E-state index in [4.69, 9.17) is 9.84 Å². The molecule has 0 saturated carbocycles. The molecule has 0 aliphatic carbocycles. The molecule has 2 amide bonds. The molecule has 1 saturated heterocycles. The molecular weight excluding hydrogens is 358 g/mol. The molecule has 0 radical (unpaired) electrons. The van der Waals surface area contributed by atoms with Gasteiger partial charge in [0.15, 0.2) is 0 Å². The quantitative estimate of drug-likeness (QED) is 0.668. The van der Waals surface area contributed by atoms with Crippen LogP contribution in [0, 0.1) is 0 Å². The van der Waals surface area contributed by atoms with E-state index >= 15 is 0 Å². The third-order valence-corrected chi connectivity index (χ3v) is 4.98. The largest absolute Gasteiger partial charge is 0.497 e. The normalized spacial score (nSPS) is 14.6. The Balaban J connectivity index is 1.70. The van der Waals surface area contributed by atoms with Gasteiger partial charge in [0.2, 0.25) is 0 Å². The van der Waals surface area contributed by atoms with E-state index in [0.717, 1.165) is 13.1 Å². The number of hydrogen-bond acceptors (Lipinski definition) is 4. The van der Waals surface area contributed by atoms with E-state index < -0.39 is 0 Å². The Morgan fingerprint density at radius 2 is 1.79 bits per heavy atom. The number of piperazine rings is 1. The zero-order chi connectivity index (χ0) is 19.9. The van der Waals surface area contributed by atoms with Crippen LogP contribution in [0.4, 0.5) is 5.69 Å². The topological polar surface area (TPSA) is 83.3 Å². The molecule has 3 rings (SSSR count). The summed E-state index contributed by atoms with van der Waals surface area (Å²) in [5.74, 6) is 0.309. The maximum absolute atomic E-state index is 13.0. The number of ether oxygens (including phenoxy) is 1. The Hall–Kier alpha value is -2.90. The first-order chi connectivity index (χ1) is 13.6. The summed E-state index contributed by atoms with van der Waals surface area (Å²) in [5, 5.41) is 11.9. The molecule has 1 aliphatic heterocycles. The first-order valence-electron chi connectivity index (χ1n) is 9.40. The molecule has 0 spiro atoms. The van der Waals surface area contributed by atoms with Crippen LogP contribution < -0.4 is 15.0 Å². The minimum absolute atomic E-state index is 0.0892. The number of quaternary nitrogens is 1. The highest BCUT2D eigenvalue weighted by Crippen LogP contribution is 2.19. The van der Waals surface area contributed by atoms with Crippen molar-refractivity contribution < 1.29 is 24.3 Å². The lowest BCUT2D eigenvalue weighted by Crippen LogP contribution is -3.15. The van der Waals surface area contributed by atoms with E-state index in [-0.39, 0.29) is 18.4 Å². The Morgan fingerprint density at radius 3 is 2.43 bits per heavy atom. The number of aliphatic hydroxyl groups excluding tert-OH is 1. The number of benzene rings is 2. The Morgan fingerprint density at radius 1 is 1.11 bits per heavy atom. The van der Waals surface area contributed by atoms with Crippen LogP contribution in [0.15, 0.2) is 48.5 Å². The number of nitrogens with one attached hydrogen (secondary N) is 2. The molecular formula is C21H26N3O4+. The molecule has 7 nitrogen and oxygen atoms in total. The number of rotatable bonds is 6. The number of hydrogen-bond donors (Lipinski definition) is 3. The summed E-state index contributed by atoms with van der Waals surface area (Å²) in [4.78, 5) is 28.7. The summed E-state index contributed by atoms with van der Waals surface area (Å²) >= 11 is 0. The van der Waals surface area contributed by atoms with E-state index in [0.29, 0.717) is 42.2 Å². The molecule has 2 aromatic rings. The molecule has 148 valence electrons. The third kappa shape index (κ3) is 4.68. The van der Waals surface area contributed by atoms with Crippen molar-refractivity contribution in [1.82, 2.24) is 4.90 Å². The van der Waals surface area contributed by atoms with Gasteiger partial charge < -0.3 is 25.0 Å². The van der Waals surface area contributed by atoms with Crippen LogP contribution in [0.5, 0.6) is 5.75 Å². The number of amides is 2. The number of aliphatic hydroxyl groups is 1. The number of para-hydroxylation sites is 1. The van der Waals surface area contributed by atoms with Crippen molar-refractivity contribution in [3.8, 4) is 5.75 Å². The van der Waals surface area contributed by atoms with Gasteiger partial charge in [0.1, 0.15) is 12.3 Å². The van der Waals surface area contributed by atoms with E-state index in [1.165, 1.54) is 4.90 Å². The molecule has 0 aromatic heterocycles. The first kappa shape index (κ1) is 19.9. The third-order valence-electron chi connectivity index (χ3n) is 4.98. The number of nitrogens with zero attached hydrogens (tertiary/aromatic N) is 1. The molecule has 1 heterocycles. The lowest BCUT2D eigenvalue weighted by Gasteiger charge is -2.32. The summed E-state index contributed by atoms with van der Waals surface area (Å²) in [6.07, 6.45) is 0. The van der Waals surface area contributed by atoms with Gasteiger partial charge in [0.25, 0.3) is 11.8 Å². The lowest BCUT2D eigenvalue weighted by molar-refractivity contribution is -0.904. The van der Waals surface area contributed by atoms with Crippen molar-refractivity contribution >= 4 is 17.5 Å². The number of carbonyl (C=O) groups excluding carboxylic acids is 2. The predicted molar refractivity (Wildman–Crippen MR) is 106 cm³/mol. The second-order valence-electron chi connectivity index (χ2n) is 6.74. The molecule has 0 unspecified atom stereocenters. The molecule has 0 bridgehead atoms. The molecule has 1 fully saturated rings. The molecule has 3 N–H and O–H groups in total. The van der Waals surface area contributed by atoms with Gasteiger partial charge in [-0.1, -0.05) is 12.1 Å². The molecule has 2 aromatic carbocycles. The van der Waals surface area contributed by atoms with Crippen LogP contribution >= 0.6 is 0 Å².